The fourth-order valence-electron chi connectivity index (χ4n) is 1.07. The van der Waals surface area contributed by atoms with Crippen LogP contribution in [-0.2, 0) is 9.59 Å². The van der Waals surface area contributed by atoms with E-state index in [1.807, 2.05) is 13.8 Å². The molecule has 0 aromatic carbocycles. The van der Waals surface area contributed by atoms with E-state index in [0.717, 1.165) is 25.9 Å². The number of hydrogen-bond donors (Lipinski definition) is 2. The maximum Gasteiger partial charge on any atom is 0.222 e. The van der Waals surface area contributed by atoms with Crippen molar-refractivity contribution < 1.29 is 9.59 Å². The summed E-state index contributed by atoms with van der Waals surface area (Å²) in [6.07, 6.45) is 1.76. The first-order valence-electron chi connectivity index (χ1n) is 5.98. The molecule has 0 unspecified atom stereocenters. The molecule has 4 nitrogen and oxygen atoms in total. The van der Waals surface area contributed by atoms with Gasteiger partial charge in [-0.1, -0.05) is 27.7 Å². The largest absolute Gasteiger partial charge is 0.356 e. The molecular formula is C12H24N2O2. The molecule has 0 spiro atoms. The first-order chi connectivity index (χ1) is 7.43. The molecule has 0 atom stereocenters. The maximum atomic E-state index is 10.9. The van der Waals surface area contributed by atoms with E-state index in [-0.39, 0.29) is 17.7 Å². The number of amides is 2. The summed E-state index contributed by atoms with van der Waals surface area (Å²) in [5, 5.41) is 5.52. The van der Waals surface area contributed by atoms with Gasteiger partial charge in [0, 0.05) is 25.4 Å². The van der Waals surface area contributed by atoms with E-state index in [1.165, 1.54) is 0 Å². The van der Waals surface area contributed by atoms with Gasteiger partial charge in [-0.05, 0) is 12.3 Å². The third kappa shape index (κ3) is 8.26. The van der Waals surface area contributed by atoms with E-state index >= 15 is 0 Å². The van der Waals surface area contributed by atoms with E-state index in [2.05, 4.69) is 24.5 Å². The van der Waals surface area contributed by atoms with Crippen molar-refractivity contribution in [3.05, 3.63) is 0 Å². The van der Waals surface area contributed by atoms with Crippen LogP contribution in [0.25, 0.3) is 0 Å². The number of nitrogens with one attached hydrogen (secondary N) is 2. The molecule has 1 heterocycles. The molecular weight excluding hydrogens is 204 g/mol. The molecule has 0 aromatic rings. The quantitative estimate of drug-likeness (QED) is 0.765. The van der Waals surface area contributed by atoms with Crippen LogP contribution in [0.4, 0.5) is 0 Å². The van der Waals surface area contributed by atoms with E-state index in [1.54, 1.807) is 0 Å². The van der Waals surface area contributed by atoms with Crippen molar-refractivity contribution in [2.45, 2.75) is 40.5 Å². The van der Waals surface area contributed by atoms with Crippen LogP contribution in [0, 0.1) is 11.8 Å². The van der Waals surface area contributed by atoms with Crippen molar-refractivity contribution in [2.24, 2.45) is 11.8 Å². The lowest BCUT2D eigenvalue weighted by atomic mass is 10.2. The van der Waals surface area contributed by atoms with Gasteiger partial charge in [0.1, 0.15) is 0 Å². The molecule has 94 valence electrons. The summed E-state index contributed by atoms with van der Waals surface area (Å²) in [6, 6.07) is 0. The molecule has 0 aliphatic carbocycles. The zero-order chi connectivity index (χ0) is 12.6. The molecule has 1 rings (SSSR count). The summed E-state index contributed by atoms with van der Waals surface area (Å²) in [6.45, 7) is 9.64. The van der Waals surface area contributed by atoms with Gasteiger partial charge in [0.2, 0.25) is 11.8 Å². The Bertz CT molecular complexity index is 217. The van der Waals surface area contributed by atoms with Crippen LogP contribution >= 0.6 is 0 Å². The highest BCUT2D eigenvalue weighted by atomic mass is 16.2. The van der Waals surface area contributed by atoms with Crippen molar-refractivity contribution in [3.8, 4) is 0 Å². The normalized spacial score (nSPS) is 14.5. The summed E-state index contributed by atoms with van der Waals surface area (Å²) in [5.74, 6) is 1.00. The summed E-state index contributed by atoms with van der Waals surface area (Å²) >= 11 is 0. The molecule has 0 bridgehead atoms. The van der Waals surface area contributed by atoms with E-state index in [4.69, 9.17) is 0 Å². The van der Waals surface area contributed by atoms with Gasteiger partial charge in [0.25, 0.3) is 0 Å². The van der Waals surface area contributed by atoms with Crippen molar-refractivity contribution in [1.29, 1.82) is 0 Å². The van der Waals surface area contributed by atoms with Gasteiger partial charge in [0.15, 0.2) is 0 Å². The predicted molar refractivity (Wildman–Crippen MR) is 64.9 cm³/mol. The van der Waals surface area contributed by atoms with Crippen LogP contribution in [0.5, 0.6) is 0 Å². The van der Waals surface area contributed by atoms with E-state index in [0.29, 0.717) is 5.92 Å². The SMILES string of the molecule is CC(C)CNC(=O)C(C)C.O=C1CCCN1. The first kappa shape index (κ1) is 14.9. The third-order valence-corrected chi connectivity index (χ3v) is 2.11. The minimum atomic E-state index is 0.110. The van der Waals surface area contributed by atoms with Crippen LogP contribution < -0.4 is 10.6 Å². The van der Waals surface area contributed by atoms with Crippen LogP contribution in [0.3, 0.4) is 0 Å². The molecule has 0 saturated carbocycles. The standard InChI is InChI=1S/C8H17NO.C4H7NO/c1-6(2)5-9-8(10)7(3)4;6-4-2-1-3-5-4/h6-7H,5H2,1-4H3,(H,9,10);1-3H2,(H,5,6). The maximum absolute atomic E-state index is 10.9. The minimum absolute atomic E-state index is 0.110. The summed E-state index contributed by atoms with van der Waals surface area (Å²) in [5.41, 5.74) is 0. The Labute approximate surface area is 98.2 Å². The average molecular weight is 228 g/mol. The molecule has 0 aromatic heterocycles. The number of carbonyl (C=O) groups excluding carboxylic acids is 2. The van der Waals surface area contributed by atoms with Gasteiger partial charge in [0.05, 0.1) is 0 Å². The number of rotatable bonds is 3. The lowest BCUT2D eigenvalue weighted by Crippen LogP contribution is -2.30. The summed E-state index contributed by atoms with van der Waals surface area (Å²) in [4.78, 5) is 21.1. The zero-order valence-electron chi connectivity index (χ0n) is 10.8. The number of hydrogen-bond acceptors (Lipinski definition) is 2. The van der Waals surface area contributed by atoms with Gasteiger partial charge in [-0.15, -0.1) is 0 Å². The van der Waals surface area contributed by atoms with Crippen molar-refractivity contribution in [3.63, 3.8) is 0 Å². The molecule has 16 heavy (non-hydrogen) atoms. The molecule has 4 heteroatoms. The highest BCUT2D eigenvalue weighted by Gasteiger charge is 2.06. The molecule has 0 radical (unpaired) electrons. The summed E-state index contributed by atoms with van der Waals surface area (Å²) in [7, 11) is 0. The smallest absolute Gasteiger partial charge is 0.222 e. The number of carbonyl (C=O) groups is 2. The second-order valence-electron chi connectivity index (χ2n) is 4.75. The van der Waals surface area contributed by atoms with Gasteiger partial charge >= 0.3 is 0 Å². The molecule has 1 fully saturated rings. The Hall–Kier alpha value is -1.06. The highest BCUT2D eigenvalue weighted by Crippen LogP contribution is 1.93. The van der Waals surface area contributed by atoms with Gasteiger partial charge in [-0.2, -0.15) is 0 Å². The molecule has 2 N–H and O–H groups in total. The lowest BCUT2D eigenvalue weighted by molar-refractivity contribution is -0.124. The lowest BCUT2D eigenvalue weighted by Gasteiger charge is -2.08. The Kier molecular flexibility index (Phi) is 7.60. The van der Waals surface area contributed by atoms with Crippen LogP contribution in [-0.4, -0.2) is 24.9 Å². The Morgan fingerprint density at radius 3 is 2.25 bits per heavy atom. The fourth-order valence-corrected chi connectivity index (χ4v) is 1.07. The highest BCUT2D eigenvalue weighted by molar-refractivity contribution is 5.78. The Balaban J connectivity index is 0.000000315. The van der Waals surface area contributed by atoms with Crippen molar-refractivity contribution >= 4 is 11.8 Å². The second kappa shape index (κ2) is 8.13. The zero-order valence-corrected chi connectivity index (χ0v) is 10.8. The monoisotopic (exact) mass is 228 g/mol. The van der Waals surface area contributed by atoms with Crippen LogP contribution in [0.2, 0.25) is 0 Å². The van der Waals surface area contributed by atoms with E-state index in [9.17, 15) is 9.59 Å². The average Bonchev–Trinajstić information content (AvgIpc) is 2.66. The first-order valence-corrected chi connectivity index (χ1v) is 5.98. The van der Waals surface area contributed by atoms with Gasteiger partial charge in [-0.3, -0.25) is 9.59 Å². The third-order valence-electron chi connectivity index (χ3n) is 2.11. The van der Waals surface area contributed by atoms with Crippen LogP contribution in [0.15, 0.2) is 0 Å². The topological polar surface area (TPSA) is 58.2 Å². The molecule has 1 saturated heterocycles. The molecule has 2 amide bonds. The minimum Gasteiger partial charge on any atom is -0.356 e. The second-order valence-corrected chi connectivity index (χ2v) is 4.75. The Morgan fingerprint density at radius 1 is 1.38 bits per heavy atom. The van der Waals surface area contributed by atoms with E-state index < -0.39 is 0 Å². The molecule has 1 aliphatic heterocycles. The Morgan fingerprint density at radius 2 is 2.00 bits per heavy atom. The van der Waals surface area contributed by atoms with Gasteiger partial charge < -0.3 is 10.6 Å². The van der Waals surface area contributed by atoms with Crippen molar-refractivity contribution in [2.75, 3.05) is 13.1 Å². The predicted octanol–water partition coefficient (Wildman–Crippen LogP) is 1.31. The summed E-state index contributed by atoms with van der Waals surface area (Å²) < 4.78 is 0. The van der Waals surface area contributed by atoms with Crippen molar-refractivity contribution in [1.82, 2.24) is 10.6 Å². The van der Waals surface area contributed by atoms with Gasteiger partial charge in [-0.25, -0.2) is 0 Å². The van der Waals surface area contributed by atoms with Crippen LogP contribution in [0.1, 0.15) is 40.5 Å². The molecule has 1 aliphatic rings. The fraction of sp³-hybridized carbons (Fsp3) is 0.833.